The number of carbonyl (C=O) groups excluding carboxylic acids is 1. The highest BCUT2D eigenvalue weighted by atomic mass is 16.1. The molecule has 1 saturated heterocycles. The molecule has 152 valence electrons. The van der Waals surface area contributed by atoms with Gasteiger partial charge in [0.1, 0.15) is 5.82 Å². The maximum Gasteiger partial charge on any atom is 0.229 e. The van der Waals surface area contributed by atoms with Crippen molar-refractivity contribution in [2.75, 3.05) is 23.3 Å². The van der Waals surface area contributed by atoms with Crippen LogP contribution in [0.15, 0.2) is 30.3 Å². The van der Waals surface area contributed by atoms with Crippen LogP contribution in [-0.4, -0.2) is 35.0 Å². The van der Waals surface area contributed by atoms with Crippen molar-refractivity contribution in [3.05, 3.63) is 41.6 Å². The predicted molar refractivity (Wildman–Crippen MR) is 114 cm³/mol. The van der Waals surface area contributed by atoms with Gasteiger partial charge in [0.2, 0.25) is 11.9 Å². The lowest BCUT2D eigenvalue weighted by Crippen LogP contribution is -2.37. The second-order valence-corrected chi connectivity index (χ2v) is 7.36. The van der Waals surface area contributed by atoms with E-state index < -0.39 is 0 Å². The number of hydrogen-bond acceptors (Lipinski definition) is 6. The van der Waals surface area contributed by atoms with E-state index >= 15 is 0 Å². The number of aromatic nitrogens is 2. The van der Waals surface area contributed by atoms with E-state index in [2.05, 4.69) is 33.5 Å². The fourth-order valence-corrected chi connectivity index (χ4v) is 3.49. The molecule has 1 fully saturated rings. The SMILES string of the molecule is CCCC(=O)NC1CCN(c2cc(CCC)nc(Nc3cccc(C#N)c3)n2)C1. The fraction of sp³-hybridized carbons (Fsp3) is 0.455. The highest BCUT2D eigenvalue weighted by molar-refractivity contribution is 5.76. The minimum Gasteiger partial charge on any atom is -0.354 e. The lowest BCUT2D eigenvalue weighted by atomic mass is 10.2. The van der Waals surface area contributed by atoms with Crippen molar-refractivity contribution in [3.63, 3.8) is 0 Å². The Kier molecular flexibility index (Phi) is 7.01. The zero-order valence-electron chi connectivity index (χ0n) is 17.1. The first-order chi connectivity index (χ1) is 14.1. The Morgan fingerprint density at radius 2 is 2.14 bits per heavy atom. The number of nitrogens with zero attached hydrogens (tertiary/aromatic N) is 4. The van der Waals surface area contributed by atoms with E-state index in [0.29, 0.717) is 17.9 Å². The first-order valence-electron chi connectivity index (χ1n) is 10.3. The molecular weight excluding hydrogens is 364 g/mol. The molecule has 29 heavy (non-hydrogen) atoms. The van der Waals surface area contributed by atoms with E-state index in [9.17, 15) is 4.79 Å². The molecule has 1 aliphatic rings. The Balaban J connectivity index is 1.76. The number of carbonyl (C=O) groups is 1. The first-order valence-corrected chi connectivity index (χ1v) is 10.3. The quantitative estimate of drug-likeness (QED) is 0.714. The number of hydrogen-bond donors (Lipinski definition) is 2. The van der Waals surface area contributed by atoms with Crippen molar-refractivity contribution in [2.24, 2.45) is 0 Å². The molecule has 1 aliphatic heterocycles. The molecule has 0 aliphatic carbocycles. The van der Waals surface area contributed by atoms with Crippen molar-refractivity contribution in [3.8, 4) is 6.07 Å². The van der Waals surface area contributed by atoms with Crippen molar-refractivity contribution in [2.45, 2.75) is 52.0 Å². The van der Waals surface area contributed by atoms with E-state index in [1.807, 2.05) is 25.1 Å². The number of nitriles is 1. The van der Waals surface area contributed by atoms with Gasteiger partial charge in [0, 0.05) is 43.0 Å². The molecule has 2 heterocycles. The molecule has 1 aromatic carbocycles. The molecule has 1 aromatic heterocycles. The molecule has 7 nitrogen and oxygen atoms in total. The van der Waals surface area contributed by atoms with E-state index in [0.717, 1.165) is 56.0 Å². The first kappa shape index (κ1) is 20.6. The second kappa shape index (κ2) is 9.87. The number of anilines is 3. The number of amides is 1. The number of aryl methyl sites for hydroxylation is 1. The Morgan fingerprint density at radius 1 is 1.28 bits per heavy atom. The summed E-state index contributed by atoms with van der Waals surface area (Å²) in [4.78, 5) is 23.4. The summed E-state index contributed by atoms with van der Waals surface area (Å²) in [6.07, 6.45) is 4.20. The van der Waals surface area contributed by atoms with Crippen LogP contribution >= 0.6 is 0 Å². The standard InChI is InChI=1S/C22H28N6O/c1-3-6-17-13-20(28-11-10-19(15-28)24-21(29)7-4-2)27-22(25-17)26-18-9-5-8-16(12-18)14-23/h5,8-9,12-13,19H,3-4,6-7,10-11,15H2,1-2H3,(H,24,29)(H,25,26,27). The summed E-state index contributed by atoms with van der Waals surface area (Å²) in [5, 5.41) is 15.5. The van der Waals surface area contributed by atoms with Crippen molar-refractivity contribution < 1.29 is 4.79 Å². The lowest BCUT2D eigenvalue weighted by Gasteiger charge is -2.20. The third-order valence-electron chi connectivity index (χ3n) is 4.87. The van der Waals surface area contributed by atoms with Crippen LogP contribution in [0.1, 0.15) is 50.8 Å². The van der Waals surface area contributed by atoms with E-state index in [4.69, 9.17) is 10.2 Å². The van der Waals surface area contributed by atoms with E-state index in [1.165, 1.54) is 0 Å². The summed E-state index contributed by atoms with van der Waals surface area (Å²) >= 11 is 0. The maximum absolute atomic E-state index is 11.9. The fourth-order valence-electron chi connectivity index (χ4n) is 3.49. The van der Waals surface area contributed by atoms with Gasteiger partial charge in [0.05, 0.1) is 11.6 Å². The van der Waals surface area contributed by atoms with Crippen LogP contribution in [0.5, 0.6) is 0 Å². The molecule has 0 bridgehead atoms. The van der Waals surface area contributed by atoms with Gasteiger partial charge < -0.3 is 15.5 Å². The number of rotatable bonds is 8. The Morgan fingerprint density at radius 3 is 2.90 bits per heavy atom. The van der Waals surface area contributed by atoms with Gasteiger partial charge in [-0.25, -0.2) is 4.98 Å². The third-order valence-corrected chi connectivity index (χ3v) is 4.87. The molecule has 3 rings (SSSR count). The van der Waals surface area contributed by atoms with Crippen LogP contribution in [0.3, 0.4) is 0 Å². The molecule has 1 unspecified atom stereocenters. The average molecular weight is 393 g/mol. The molecular formula is C22H28N6O. The summed E-state index contributed by atoms with van der Waals surface area (Å²) in [5.74, 6) is 1.52. The Labute approximate surface area is 172 Å². The van der Waals surface area contributed by atoms with Crippen molar-refractivity contribution in [1.29, 1.82) is 5.26 Å². The lowest BCUT2D eigenvalue weighted by molar-refractivity contribution is -0.121. The van der Waals surface area contributed by atoms with Gasteiger partial charge in [-0.05, 0) is 37.5 Å². The van der Waals surface area contributed by atoms with Crippen LogP contribution < -0.4 is 15.5 Å². The predicted octanol–water partition coefficient (Wildman–Crippen LogP) is 3.54. The molecule has 0 saturated carbocycles. The highest BCUT2D eigenvalue weighted by Crippen LogP contribution is 2.23. The van der Waals surface area contributed by atoms with Gasteiger partial charge in [0.15, 0.2) is 0 Å². The smallest absolute Gasteiger partial charge is 0.229 e. The Hall–Kier alpha value is -3.14. The minimum absolute atomic E-state index is 0.119. The largest absolute Gasteiger partial charge is 0.354 e. The second-order valence-electron chi connectivity index (χ2n) is 7.36. The van der Waals surface area contributed by atoms with Crippen LogP contribution in [0.4, 0.5) is 17.5 Å². The normalized spacial score (nSPS) is 15.8. The summed E-state index contributed by atoms with van der Waals surface area (Å²) in [6, 6.07) is 11.6. The monoisotopic (exact) mass is 392 g/mol. The van der Waals surface area contributed by atoms with Gasteiger partial charge in [-0.2, -0.15) is 10.2 Å². The topological polar surface area (TPSA) is 93.9 Å². The zero-order chi connectivity index (χ0) is 20.6. The van der Waals surface area contributed by atoms with Crippen molar-refractivity contribution >= 4 is 23.4 Å². The molecule has 7 heteroatoms. The molecule has 2 aromatic rings. The van der Waals surface area contributed by atoms with Crippen LogP contribution in [-0.2, 0) is 11.2 Å². The van der Waals surface area contributed by atoms with Crippen LogP contribution in [0.25, 0.3) is 0 Å². The van der Waals surface area contributed by atoms with Gasteiger partial charge >= 0.3 is 0 Å². The van der Waals surface area contributed by atoms with E-state index in [-0.39, 0.29) is 11.9 Å². The van der Waals surface area contributed by atoms with Crippen molar-refractivity contribution in [1.82, 2.24) is 15.3 Å². The van der Waals surface area contributed by atoms with E-state index in [1.54, 1.807) is 12.1 Å². The van der Waals surface area contributed by atoms with Crippen LogP contribution in [0.2, 0.25) is 0 Å². The van der Waals surface area contributed by atoms with Crippen LogP contribution in [0, 0.1) is 11.3 Å². The van der Waals surface area contributed by atoms with Gasteiger partial charge in [-0.1, -0.05) is 26.3 Å². The zero-order valence-corrected chi connectivity index (χ0v) is 17.1. The maximum atomic E-state index is 11.9. The molecule has 2 N–H and O–H groups in total. The number of nitrogens with one attached hydrogen (secondary N) is 2. The van der Waals surface area contributed by atoms with Gasteiger partial charge in [0.25, 0.3) is 0 Å². The summed E-state index contributed by atoms with van der Waals surface area (Å²) in [6.45, 7) is 5.74. The summed E-state index contributed by atoms with van der Waals surface area (Å²) in [7, 11) is 0. The summed E-state index contributed by atoms with van der Waals surface area (Å²) in [5.41, 5.74) is 2.36. The van der Waals surface area contributed by atoms with Gasteiger partial charge in [-0.15, -0.1) is 0 Å². The Bertz CT molecular complexity index is 891. The minimum atomic E-state index is 0.119. The molecule has 1 amide bonds. The third kappa shape index (κ3) is 5.67. The number of benzene rings is 1. The molecule has 1 atom stereocenters. The van der Waals surface area contributed by atoms with Gasteiger partial charge in [-0.3, -0.25) is 4.79 Å². The molecule has 0 spiro atoms. The average Bonchev–Trinajstić information content (AvgIpc) is 3.17. The summed E-state index contributed by atoms with van der Waals surface area (Å²) < 4.78 is 0. The molecule has 0 radical (unpaired) electrons. The highest BCUT2D eigenvalue weighted by Gasteiger charge is 2.25.